The van der Waals surface area contributed by atoms with Crippen molar-refractivity contribution in [3.05, 3.63) is 99.5 Å². The Balaban J connectivity index is 0.00000243. The first kappa shape index (κ1) is 20.6. The van der Waals surface area contributed by atoms with E-state index in [1.165, 1.54) is 0 Å². The van der Waals surface area contributed by atoms with Gasteiger partial charge in [0.2, 0.25) is 0 Å². The van der Waals surface area contributed by atoms with Gasteiger partial charge < -0.3 is 10.1 Å². The highest BCUT2D eigenvalue weighted by Gasteiger charge is 2.04. The van der Waals surface area contributed by atoms with Crippen LogP contribution >= 0.6 is 35.6 Å². The van der Waals surface area contributed by atoms with Gasteiger partial charge in [0, 0.05) is 28.7 Å². The van der Waals surface area contributed by atoms with E-state index >= 15 is 0 Å². The average Bonchev–Trinajstić information content (AvgIpc) is 2.64. The fourth-order valence-electron chi connectivity index (χ4n) is 2.51. The smallest absolute Gasteiger partial charge is 0.124 e. The highest BCUT2D eigenvalue weighted by atomic mass is 35.5. The minimum atomic E-state index is 0. The van der Waals surface area contributed by atoms with Gasteiger partial charge in [-0.3, -0.25) is 0 Å². The molecule has 3 rings (SSSR count). The molecule has 0 aliphatic heterocycles. The normalized spacial score (nSPS) is 10.2. The quantitative estimate of drug-likeness (QED) is 0.496. The predicted octanol–water partition coefficient (Wildman–Crippen LogP) is 6.28. The van der Waals surface area contributed by atoms with Crippen molar-refractivity contribution in [1.29, 1.82) is 0 Å². The molecule has 5 heteroatoms. The molecule has 3 aromatic carbocycles. The van der Waals surface area contributed by atoms with Crippen molar-refractivity contribution in [3.63, 3.8) is 0 Å². The third-order valence-electron chi connectivity index (χ3n) is 3.87. The van der Waals surface area contributed by atoms with Crippen LogP contribution in [0.2, 0.25) is 10.0 Å². The molecule has 1 N–H and O–H groups in total. The molecule has 0 aliphatic carbocycles. The SMILES string of the molecule is Cl.Clc1ccc(COc2ccccc2CNCc2ccccc2Cl)cc1. The standard InChI is InChI=1S/C21H19Cl2NO.ClH/c22-19-11-9-16(10-12-19)15-25-21-8-4-2-6-18(21)14-24-13-17-5-1-3-7-20(17)23;/h1-12,24H,13-15H2;1H. The lowest BCUT2D eigenvalue weighted by atomic mass is 10.2. The Kier molecular flexibility index (Phi) is 8.27. The lowest BCUT2D eigenvalue weighted by Crippen LogP contribution is -2.14. The molecule has 0 saturated carbocycles. The van der Waals surface area contributed by atoms with Gasteiger partial charge in [-0.05, 0) is 35.4 Å². The van der Waals surface area contributed by atoms with Crippen LogP contribution in [0.5, 0.6) is 5.75 Å². The van der Waals surface area contributed by atoms with Crippen LogP contribution in [0.3, 0.4) is 0 Å². The molecule has 0 spiro atoms. The lowest BCUT2D eigenvalue weighted by Gasteiger charge is -2.13. The lowest BCUT2D eigenvalue weighted by molar-refractivity contribution is 0.302. The van der Waals surface area contributed by atoms with E-state index in [9.17, 15) is 0 Å². The van der Waals surface area contributed by atoms with Crippen LogP contribution in [-0.2, 0) is 19.7 Å². The highest BCUT2D eigenvalue weighted by molar-refractivity contribution is 6.31. The second-order valence-corrected chi connectivity index (χ2v) is 6.56. The second-order valence-electron chi connectivity index (χ2n) is 5.72. The van der Waals surface area contributed by atoms with Gasteiger partial charge in [-0.15, -0.1) is 12.4 Å². The number of halogens is 3. The molecule has 0 bridgehead atoms. The maximum atomic E-state index is 6.19. The molecule has 0 amide bonds. The summed E-state index contributed by atoms with van der Waals surface area (Å²) in [6.45, 7) is 1.94. The van der Waals surface area contributed by atoms with Gasteiger partial charge in [0.05, 0.1) is 0 Å². The molecule has 136 valence electrons. The number of hydrogen-bond donors (Lipinski definition) is 1. The van der Waals surface area contributed by atoms with Crippen molar-refractivity contribution in [2.75, 3.05) is 0 Å². The topological polar surface area (TPSA) is 21.3 Å². The number of benzene rings is 3. The minimum absolute atomic E-state index is 0. The third-order valence-corrected chi connectivity index (χ3v) is 4.49. The molecule has 0 unspecified atom stereocenters. The Bertz CT molecular complexity index is 821. The van der Waals surface area contributed by atoms with Crippen molar-refractivity contribution in [3.8, 4) is 5.75 Å². The summed E-state index contributed by atoms with van der Waals surface area (Å²) >= 11 is 12.1. The third kappa shape index (κ3) is 5.93. The molecule has 0 saturated heterocycles. The van der Waals surface area contributed by atoms with Crippen LogP contribution in [-0.4, -0.2) is 0 Å². The summed E-state index contributed by atoms with van der Waals surface area (Å²) in [5, 5.41) is 4.93. The van der Waals surface area contributed by atoms with E-state index in [0.29, 0.717) is 19.7 Å². The van der Waals surface area contributed by atoms with Crippen molar-refractivity contribution in [2.24, 2.45) is 0 Å². The molecule has 26 heavy (non-hydrogen) atoms. The molecular weight excluding hydrogens is 389 g/mol. The van der Waals surface area contributed by atoms with E-state index in [-0.39, 0.29) is 12.4 Å². The first-order valence-corrected chi connectivity index (χ1v) is 8.87. The zero-order valence-electron chi connectivity index (χ0n) is 14.1. The van der Waals surface area contributed by atoms with E-state index in [1.54, 1.807) is 0 Å². The molecular formula is C21H20Cl3NO. The zero-order chi connectivity index (χ0) is 17.5. The summed E-state index contributed by atoms with van der Waals surface area (Å²) in [6.07, 6.45) is 0. The van der Waals surface area contributed by atoms with Crippen LogP contribution < -0.4 is 10.1 Å². The molecule has 0 atom stereocenters. The van der Waals surface area contributed by atoms with E-state index in [2.05, 4.69) is 11.4 Å². The van der Waals surface area contributed by atoms with Gasteiger partial charge >= 0.3 is 0 Å². The maximum Gasteiger partial charge on any atom is 0.124 e. The van der Waals surface area contributed by atoms with Crippen molar-refractivity contribution >= 4 is 35.6 Å². The summed E-state index contributed by atoms with van der Waals surface area (Å²) < 4.78 is 5.98. The van der Waals surface area contributed by atoms with Gasteiger partial charge in [0.25, 0.3) is 0 Å². The number of nitrogens with one attached hydrogen (secondary N) is 1. The Morgan fingerprint density at radius 1 is 0.731 bits per heavy atom. The summed E-state index contributed by atoms with van der Waals surface area (Å²) in [7, 11) is 0. The average molecular weight is 409 g/mol. The molecule has 3 aromatic rings. The fourth-order valence-corrected chi connectivity index (χ4v) is 2.83. The number of ether oxygens (including phenoxy) is 1. The summed E-state index contributed by atoms with van der Waals surface area (Å²) in [6, 6.07) is 23.6. The van der Waals surface area contributed by atoms with Gasteiger partial charge in [-0.25, -0.2) is 0 Å². The Morgan fingerprint density at radius 2 is 1.35 bits per heavy atom. The molecule has 0 fully saturated rings. The van der Waals surface area contributed by atoms with E-state index < -0.39 is 0 Å². The maximum absolute atomic E-state index is 6.19. The first-order chi connectivity index (χ1) is 12.2. The van der Waals surface area contributed by atoms with Gasteiger partial charge in [0.15, 0.2) is 0 Å². The van der Waals surface area contributed by atoms with Gasteiger partial charge in [0.1, 0.15) is 12.4 Å². The Labute approximate surface area is 170 Å². The van der Waals surface area contributed by atoms with E-state index in [4.69, 9.17) is 27.9 Å². The molecule has 0 radical (unpaired) electrons. The second kappa shape index (κ2) is 10.4. The van der Waals surface area contributed by atoms with Crippen LogP contribution in [0, 0.1) is 0 Å². The fraction of sp³-hybridized carbons (Fsp3) is 0.143. The monoisotopic (exact) mass is 407 g/mol. The van der Waals surface area contributed by atoms with Crippen LogP contribution in [0.15, 0.2) is 72.8 Å². The highest BCUT2D eigenvalue weighted by Crippen LogP contribution is 2.20. The summed E-state index contributed by atoms with van der Waals surface area (Å²) in [5.41, 5.74) is 3.29. The van der Waals surface area contributed by atoms with E-state index in [1.807, 2.05) is 66.7 Å². The Hall–Kier alpha value is -1.71. The van der Waals surface area contributed by atoms with Gasteiger partial charge in [-0.1, -0.05) is 71.7 Å². The summed E-state index contributed by atoms with van der Waals surface area (Å²) in [4.78, 5) is 0. The van der Waals surface area contributed by atoms with Crippen molar-refractivity contribution in [2.45, 2.75) is 19.7 Å². The molecule has 0 aromatic heterocycles. The van der Waals surface area contributed by atoms with Crippen molar-refractivity contribution in [1.82, 2.24) is 5.32 Å². The van der Waals surface area contributed by atoms with Crippen molar-refractivity contribution < 1.29 is 4.74 Å². The minimum Gasteiger partial charge on any atom is -0.489 e. The van der Waals surface area contributed by atoms with Crippen LogP contribution in [0.25, 0.3) is 0 Å². The molecule has 2 nitrogen and oxygen atoms in total. The number of para-hydroxylation sites is 1. The predicted molar refractivity (Wildman–Crippen MR) is 111 cm³/mol. The number of hydrogen-bond acceptors (Lipinski definition) is 2. The summed E-state index contributed by atoms with van der Waals surface area (Å²) in [5.74, 6) is 0.879. The first-order valence-electron chi connectivity index (χ1n) is 8.11. The zero-order valence-corrected chi connectivity index (χ0v) is 16.5. The molecule has 0 aliphatic rings. The van der Waals surface area contributed by atoms with E-state index in [0.717, 1.165) is 32.5 Å². The molecule has 0 heterocycles. The van der Waals surface area contributed by atoms with Gasteiger partial charge in [-0.2, -0.15) is 0 Å². The Morgan fingerprint density at radius 3 is 2.08 bits per heavy atom. The largest absolute Gasteiger partial charge is 0.489 e. The number of rotatable bonds is 7. The van der Waals surface area contributed by atoms with Crippen LogP contribution in [0.1, 0.15) is 16.7 Å². The van der Waals surface area contributed by atoms with Crippen LogP contribution in [0.4, 0.5) is 0 Å².